The second-order valence-electron chi connectivity index (χ2n) is 8.51. The minimum Gasteiger partial charge on any atom is -0.310 e. The average molecular weight is 426 g/mol. The summed E-state index contributed by atoms with van der Waals surface area (Å²) < 4.78 is 0. The largest absolute Gasteiger partial charge is 0.310 e. The SMILES string of the molecule is Cc1cc(C)cc(N(c2ccc(-c3ccccc3)cc2)c2ccc(-c3ccccc3)cc2)c1. The van der Waals surface area contributed by atoms with E-state index >= 15 is 0 Å². The lowest BCUT2D eigenvalue weighted by atomic mass is 10.0. The minimum atomic E-state index is 1.15. The molecule has 0 aliphatic rings. The molecule has 5 rings (SSSR count). The van der Waals surface area contributed by atoms with Gasteiger partial charge in [-0.3, -0.25) is 0 Å². The number of anilines is 3. The van der Waals surface area contributed by atoms with Gasteiger partial charge in [-0.05, 0) is 83.6 Å². The van der Waals surface area contributed by atoms with Gasteiger partial charge in [0.05, 0.1) is 0 Å². The van der Waals surface area contributed by atoms with Crippen molar-refractivity contribution in [3.05, 3.63) is 139 Å². The summed E-state index contributed by atoms with van der Waals surface area (Å²) in [5, 5.41) is 0. The Morgan fingerprint density at radius 3 is 1.12 bits per heavy atom. The van der Waals surface area contributed by atoms with Crippen LogP contribution in [0.4, 0.5) is 17.1 Å². The number of aryl methyl sites for hydroxylation is 2. The molecule has 1 nitrogen and oxygen atoms in total. The van der Waals surface area contributed by atoms with Crippen LogP contribution in [-0.4, -0.2) is 0 Å². The maximum atomic E-state index is 2.34. The summed E-state index contributed by atoms with van der Waals surface area (Å²) in [5.41, 5.74) is 10.9. The predicted octanol–water partition coefficient (Wildman–Crippen LogP) is 9.11. The lowest BCUT2D eigenvalue weighted by Gasteiger charge is -2.26. The van der Waals surface area contributed by atoms with Gasteiger partial charge in [-0.1, -0.05) is 91.0 Å². The molecule has 33 heavy (non-hydrogen) atoms. The summed E-state index contributed by atoms with van der Waals surface area (Å²) in [4.78, 5) is 2.34. The highest BCUT2D eigenvalue weighted by Crippen LogP contribution is 2.37. The predicted molar refractivity (Wildman–Crippen MR) is 141 cm³/mol. The van der Waals surface area contributed by atoms with Crippen molar-refractivity contribution in [2.75, 3.05) is 4.90 Å². The number of benzene rings is 5. The molecule has 5 aromatic rings. The molecule has 0 bridgehead atoms. The van der Waals surface area contributed by atoms with E-state index in [-0.39, 0.29) is 0 Å². The van der Waals surface area contributed by atoms with Crippen molar-refractivity contribution in [2.24, 2.45) is 0 Å². The smallest absolute Gasteiger partial charge is 0.0466 e. The van der Waals surface area contributed by atoms with Crippen molar-refractivity contribution in [3.8, 4) is 22.3 Å². The van der Waals surface area contributed by atoms with Gasteiger partial charge >= 0.3 is 0 Å². The van der Waals surface area contributed by atoms with Gasteiger partial charge in [-0.2, -0.15) is 0 Å². The summed E-state index contributed by atoms with van der Waals surface area (Å²) >= 11 is 0. The first-order chi connectivity index (χ1) is 16.2. The van der Waals surface area contributed by atoms with Crippen LogP contribution in [0.2, 0.25) is 0 Å². The Balaban J connectivity index is 1.57. The number of hydrogen-bond donors (Lipinski definition) is 0. The summed E-state index contributed by atoms with van der Waals surface area (Å²) in [6.45, 7) is 4.32. The van der Waals surface area contributed by atoms with Crippen LogP contribution in [0, 0.1) is 13.8 Å². The molecule has 0 spiro atoms. The molecule has 0 heterocycles. The number of rotatable bonds is 5. The molecule has 0 radical (unpaired) electrons. The van der Waals surface area contributed by atoms with Gasteiger partial charge in [-0.25, -0.2) is 0 Å². The Bertz CT molecular complexity index is 1230. The van der Waals surface area contributed by atoms with E-state index in [0.29, 0.717) is 0 Å². The van der Waals surface area contributed by atoms with Crippen LogP contribution in [0.5, 0.6) is 0 Å². The van der Waals surface area contributed by atoms with Crippen molar-refractivity contribution >= 4 is 17.1 Å². The number of nitrogens with zero attached hydrogens (tertiary/aromatic N) is 1. The Morgan fingerprint density at radius 2 is 0.727 bits per heavy atom. The minimum absolute atomic E-state index is 1.15. The first kappa shape index (κ1) is 20.8. The second-order valence-corrected chi connectivity index (χ2v) is 8.51. The van der Waals surface area contributed by atoms with E-state index in [1.54, 1.807) is 0 Å². The summed E-state index contributed by atoms with van der Waals surface area (Å²) in [6, 6.07) is 45.5. The first-order valence-corrected chi connectivity index (χ1v) is 11.4. The third-order valence-electron chi connectivity index (χ3n) is 5.93. The summed E-state index contributed by atoms with van der Waals surface area (Å²) in [6.07, 6.45) is 0. The van der Waals surface area contributed by atoms with Gasteiger partial charge in [0.2, 0.25) is 0 Å². The van der Waals surface area contributed by atoms with Crippen molar-refractivity contribution in [1.29, 1.82) is 0 Å². The third kappa shape index (κ3) is 4.58. The molecule has 0 amide bonds. The highest BCUT2D eigenvalue weighted by atomic mass is 15.1. The van der Waals surface area contributed by atoms with E-state index < -0.39 is 0 Å². The monoisotopic (exact) mass is 425 g/mol. The Morgan fingerprint density at radius 1 is 0.364 bits per heavy atom. The number of hydrogen-bond acceptors (Lipinski definition) is 1. The lowest BCUT2D eigenvalue weighted by Crippen LogP contribution is -2.10. The zero-order chi connectivity index (χ0) is 22.6. The van der Waals surface area contributed by atoms with Crippen molar-refractivity contribution in [2.45, 2.75) is 13.8 Å². The molecule has 0 aliphatic carbocycles. The molecule has 1 heteroatoms. The van der Waals surface area contributed by atoms with Crippen molar-refractivity contribution in [3.63, 3.8) is 0 Å². The summed E-state index contributed by atoms with van der Waals surface area (Å²) in [5.74, 6) is 0. The topological polar surface area (TPSA) is 3.24 Å². The maximum absolute atomic E-state index is 2.34. The molecule has 0 aromatic heterocycles. The maximum Gasteiger partial charge on any atom is 0.0466 e. The van der Waals surface area contributed by atoms with Crippen LogP contribution in [0.15, 0.2) is 127 Å². The van der Waals surface area contributed by atoms with Gasteiger partial charge in [-0.15, -0.1) is 0 Å². The Hall–Kier alpha value is -4.10. The molecular formula is C32H27N. The van der Waals surface area contributed by atoms with Crippen LogP contribution in [0.1, 0.15) is 11.1 Å². The summed E-state index contributed by atoms with van der Waals surface area (Å²) in [7, 11) is 0. The first-order valence-electron chi connectivity index (χ1n) is 11.4. The van der Waals surface area contributed by atoms with Crippen LogP contribution < -0.4 is 4.90 Å². The highest BCUT2D eigenvalue weighted by Gasteiger charge is 2.14. The second kappa shape index (κ2) is 9.18. The molecule has 0 atom stereocenters. The van der Waals surface area contributed by atoms with E-state index in [4.69, 9.17) is 0 Å². The van der Waals surface area contributed by atoms with Gasteiger partial charge in [0.15, 0.2) is 0 Å². The van der Waals surface area contributed by atoms with Gasteiger partial charge in [0.1, 0.15) is 0 Å². The lowest BCUT2D eigenvalue weighted by molar-refractivity contribution is 1.25. The fourth-order valence-corrected chi connectivity index (χ4v) is 4.39. The van der Waals surface area contributed by atoms with E-state index in [1.165, 1.54) is 39.1 Å². The molecule has 0 saturated carbocycles. The molecule has 0 aliphatic heterocycles. The van der Waals surface area contributed by atoms with Crippen LogP contribution in [-0.2, 0) is 0 Å². The third-order valence-corrected chi connectivity index (χ3v) is 5.93. The van der Waals surface area contributed by atoms with E-state index in [2.05, 4.69) is 146 Å². The van der Waals surface area contributed by atoms with E-state index in [0.717, 1.165) is 11.4 Å². The van der Waals surface area contributed by atoms with Gasteiger partial charge < -0.3 is 4.90 Å². The molecule has 0 unspecified atom stereocenters. The molecule has 0 fully saturated rings. The van der Waals surface area contributed by atoms with Crippen LogP contribution in [0.25, 0.3) is 22.3 Å². The van der Waals surface area contributed by atoms with Crippen LogP contribution in [0.3, 0.4) is 0 Å². The fraction of sp³-hybridized carbons (Fsp3) is 0.0625. The quantitative estimate of drug-likeness (QED) is 0.271. The zero-order valence-electron chi connectivity index (χ0n) is 19.1. The molecule has 160 valence electrons. The van der Waals surface area contributed by atoms with Crippen LogP contribution >= 0.6 is 0 Å². The standard InChI is InChI=1S/C32H27N/c1-24-21-25(2)23-32(22-24)33(30-17-13-28(14-18-30)26-9-5-3-6-10-26)31-19-15-29(16-20-31)27-11-7-4-8-12-27/h3-23H,1-2H3. The zero-order valence-corrected chi connectivity index (χ0v) is 19.1. The highest BCUT2D eigenvalue weighted by molar-refractivity contribution is 5.80. The van der Waals surface area contributed by atoms with E-state index in [9.17, 15) is 0 Å². The Kier molecular flexibility index (Phi) is 5.78. The molecular weight excluding hydrogens is 398 g/mol. The fourth-order valence-electron chi connectivity index (χ4n) is 4.39. The Labute approximate surface area is 196 Å². The molecule has 5 aromatic carbocycles. The normalized spacial score (nSPS) is 10.7. The molecule has 0 N–H and O–H groups in total. The van der Waals surface area contributed by atoms with Crippen molar-refractivity contribution < 1.29 is 0 Å². The van der Waals surface area contributed by atoms with E-state index in [1.807, 2.05) is 0 Å². The van der Waals surface area contributed by atoms with Gasteiger partial charge in [0.25, 0.3) is 0 Å². The average Bonchev–Trinajstić information content (AvgIpc) is 2.86. The van der Waals surface area contributed by atoms with Gasteiger partial charge in [0, 0.05) is 17.1 Å². The van der Waals surface area contributed by atoms with Crippen molar-refractivity contribution in [1.82, 2.24) is 0 Å². The molecule has 0 saturated heterocycles.